The van der Waals surface area contributed by atoms with Crippen molar-refractivity contribution in [2.45, 2.75) is 32.6 Å². The third kappa shape index (κ3) is 4.36. The first kappa shape index (κ1) is 16.4. The third-order valence-corrected chi connectivity index (χ3v) is 9.08. The second-order valence-electron chi connectivity index (χ2n) is 3.04. The van der Waals surface area contributed by atoms with Gasteiger partial charge in [0.2, 0.25) is 0 Å². The van der Waals surface area contributed by atoms with E-state index in [9.17, 15) is 8.76 Å². The Labute approximate surface area is 103 Å². The van der Waals surface area contributed by atoms with Gasteiger partial charge in [-0.3, -0.25) is 4.21 Å². The highest BCUT2D eigenvalue weighted by atomic mass is 32.8. The van der Waals surface area contributed by atoms with Crippen LogP contribution in [0.5, 0.6) is 0 Å². The largest absolute Gasteiger partial charge is 0.769 e. The lowest BCUT2D eigenvalue weighted by Crippen LogP contribution is -2.58. The molecule has 0 N–H and O–H groups in total. The van der Waals surface area contributed by atoms with Gasteiger partial charge in [0.25, 0.3) is 0 Å². The van der Waals surface area contributed by atoms with E-state index in [-0.39, 0.29) is 0 Å². The van der Waals surface area contributed by atoms with Gasteiger partial charge in [-0.05, 0) is 47.7 Å². The van der Waals surface area contributed by atoms with Crippen molar-refractivity contribution in [1.82, 2.24) is 0 Å². The fourth-order valence-electron chi connectivity index (χ4n) is 1.26. The van der Waals surface area contributed by atoms with Crippen molar-refractivity contribution in [1.29, 1.82) is 0 Å². The van der Waals surface area contributed by atoms with Crippen molar-refractivity contribution < 1.29 is 22.0 Å². The van der Waals surface area contributed by atoms with E-state index >= 15 is 0 Å². The van der Waals surface area contributed by atoms with Crippen LogP contribution >= 0.6 is 0 Å². The zero-order chi connectivity index (χ0) is 12.8. The molecule has 0 saturated carbocycles. The summed E-state index contributed by atoms with van der Waals surface area (Å²) in [5, 5.41) is 0. The molecule has 0 heterocycles. The molecule has 0 aromatic rings. The lowest BCUT2D eigenvalue weighted by Gasteiger charge is -2.35. The Hall–Kier alpha value is 0.427. The van der Waals surface area contributed by atoms with Gasteiger partial charge in [0.05, 0.1) is 4.87 Å². The monoisotopic (exact) mass is 287 g/mol. The van der Waals surface area contributed by atoms with Crippen molar-refractivity contribution >= 4 is 28.8 Å². The van der Waals surface area contributed by atoms with Gasteiger partial charge in [0.15, 0.2) is 0 Å². The number of rotatable bonds is 8. The summed E-state index contributed by atoms with van der Waals surface area (Å²) in [6.45, 7) is 7.79. The summed E-state index contributed by atoms with van der Waals surface area (Å²) < 4.78 is 39.2. The molecule has 0 aliphatic carbocycles. The van der Waals surface area contributed by atoms with Crippen LogP contribution in [0.4, 0.5) is 0 Å². The van der Waals surface area contributed by atoms with Gasteiger partial charge < -0.3 is 17.8 Å². The van der Waals surface area contributed by atoms with E-state index in [2.05, 4.69) is 11.2 Å². The second kappa shape index (κ2) is 6.99. The van der Waals surface area contributed by atoms with E-state index in [0.717, 1.165) is 0 Å². The molecule has 0 rings (SSSR count). The van der Waals surface area contributed by atoms with E-state index in [1.807, 2.05) is 0 Å². The van der Waals surface area contributed by atoms with Gasteiger partial charge in [-0.1, -0.05) is 0 Å². The van der Waals surface area contributed by atoms with Crippen LogP contribution in [0.2, 0.25) is 0 Å². The van der Waals surface area contributed by atoms with Crippen LogP contribution in [-0.2, 0) is 33.2 Å². The van der Waals surface area contributed by atoms with Gasteiger partial charge in [-0.15, -0.1) is 0 Å². The summed E-state index contributed by atoms with van der Waals surface area (Å²) in [5.74, 6) is 0. The smallest absolute Gasteiger partial charge is 0.516 e. The third-order valence-electron chi connectivity index (χ3n) is 1.97. The molecule has 16 heavy (non-hydrogen) atoms. The molecular formula is C8H19O5S2Si-. The maximum absolute atomic E-state index is 11.4. The topological polar surface area (TPSA) is 67.8 Å². The summed E-state index contributed by atoms with van der Waals surface area (Å²) in [5.41, 5.74) is 0. The van der Waals surface area contributed by atoms with Crippen LogP contribution < -0.4 is 0 Å². The van der Waals surface area contributed by atoms with Crippen LogP contribution in [0.1, 0.15) is 27.7 Å². The molecule has 0 fully saturated rings. The fourth-order valence-corrected chi connectivity index (χ4v) is 6.51. The summed E-state index contributed by atoms with van der Waals surface area (Å²) in [6, 6.07) is 0. The fraction of sp³-hybridized carbons (Fsp3) is 1.00. The Morgan fingerprint density at radius 3 is 1.69 bits per heavy atom. The van der Waals surface area contributed by atoms with Gasteiger partial charge >= 0.3 is 8.80 Å². The minimum Gasteiger partial charge on any atom is -0.769 e. The van der Waals surface area contributed by atoms with Gasteiger partial charge in [0, 0.05) is 19.8 Å². The normalized spacial score (nSPS) is 18.1. The lowest BCUT2D eigenvalue weighted by atomic mass is 10.9. The molecule has 0 radical (unpaired) electrons. The molecule has 8 heteroatoms. The molecule has 2 unspecified atom stereocenters. The van der Waals surface area contributed by atoms with E-state index in [0.29, 0.717) is 19.8 Å². The maximum atomic E-state index is 11.4. The molecule has 0 amide bonds. The molecule has 0 aliphatic heterocycles. The van der Waals surface area contributed by atoms with E-state index in [1.54, 1.807) is 20.8 Å². The van der Waals surface area contributed by atoms with E-state index in [4.69, 9.17) is 13.3 Å². The van der Waals surface area contributed by atoms with Crippen molar-refractivity contribution in [2.24, 2.45) is 0 Å². The Kier molecular flexibility index (Phi) is 7.18. The summed E-state index contributed by atoms with van der Waals surface area (Å²) in [7, 11) is -6.88. The van der Waals surface area contributed by atoms with Crippen molar-refractivity contribution in [2.75, 3.05) is 19.8 Å². The van der Waals surface area contributed by atoms with E-state index < -0.39 is 22.5 Å². The van der Waals surface area contributed by atoms with Crippen LogP contribution in [0.25, 0.3) is 0 Å². The molecule has 5 nitrogen and oxygen atoms in total. The van der Waals surface area contributed by atoms with Crippen molar-refractivity contribution in [3.8, 4) is 0 Å². The standard InChI is InChI=1S/C8H20O5S2Si/c1-5-11-16(12-6-2,13-7-3)8(4)15(9,10)14/h8H,5-7H2,1-4H3,(H,9,10,14)/p-1. The average Bonchev–Trinajstić information content (AvgIpc) is 2.16. The summed E-state index contributed by atoms with van der Waals surface area (Å²) in [6.07, 6.45) is 0. The summed E-state index contributed by atoms with van der Waals surface area (Å²) in [4.78, 5) is -0.921. The quantitative estimate of drug-likeness (QED) is 0.616. The maximum Gasteiger partial charge on any atom is 0.516 e. The molecule has 0 saturated heterocycles. The predicted molar refractivity (Wildman–Crippen MR) is 66.4 cm³/mol. The predicted octanol–water partition coefficient (Wildman–Crippen LogP) is 0.839. The minimum atomic E-state index is -3.66. The first-order valence-electron chi connectivity index (χ1n) is 5.20. The van der Waals surface area contributed by atoms with E-state index in [1.165, 1.54) is 6.92 Å². The first-order valence-corrected chi connectivity index (χ1v) is 9.47. The highest BCUT2D eigenvalue weighted by Gasteiger charge is 2.49. The Morgan fingerprint density at radius 1 is 1.19 bits per heavy atom. The Bertz CT molecular complexity index is 276. The minimum absolute atomic E-state index is 0.335. The molecule has 98 valence electrons. The second-order valence-corrected chi connectivity index (χ2v) is 9.48. The molecule has 0 bridgehead atoms. The molecule has 0 spiro atoms. The van der Waals surface area contributed by atoms with Crippen LogP contribution in [-0.4, -0.2) is 42.3 Å². The van der Waals surface area contributed by atoms with Crippen molar-refractivity contribution in [3.63, 3.8) is 0 Å². The van der Waals surface area contributed by atoms with Crippen LogP contribution in [0, 0.1) is 0 Å². The molecule has 0 aliphatic rings. The molecule has 0 aromatic heterocycles. The Balaban J connectivity index is 5.14. The zero-order valence-electron chi connectivity index (χ0n) is 10.1. The average molecular weight is 287 g/mol. The highest BCUT2D eigenvalue weighted by molar-refractivity contribution is 8.30. The highest BCUT2D eigenvalue weighted by Crippen LogP contribution is 2.20. The zero-order valence-corrected chi connectivity index (χ0v) is 12.7. The molecule has 0 aromatic carbocycles. The first-order chi connectivity index (χ1) is 7.34. The van der Waals surface area contributed by atoms with Crippen LogP contribution in [0.15, 0.2) is 0 Å². The Morgan fingerprint density at radius 2 is 1.50 bits per heavy atom. The van der Waals surface area contributed by atoms with Gasteiger partial charge in [-0.25, -0.2) is 0 Å². The summed E-state index contributed by atoms with van der Waals surface area (Å²) >= 11 is 4.47. The number of hydrogen-bond donors (Lipinski definition) is 0. The lowest BCUT2D eigenvalue weighted by molar-refractivity contribution is 0.0698. The SMILES string of the molecule is CCO[Si](OCC)(OCC)C(C)S(=O)([O-])=S. The molecule has 2 atom stereocenters. The molecular weight excluding hydrogens is 268 g/mol. The van der Waals surface area contributed by atoms with Crippen molar-refractivity contribution in [3.05, 3.63) is 0 Å². The van der Waals surface area contributed by atoms with Crippen LogP contribution in [0.3, 0.4) is 0 Å². The number of hydrogen-bond acceptors (Lipinski definition) is 6. The van der Waals surface area contributed by atoms with Gasteiger partial charge in [0.1, 0.15) is 0 Å². The van der Waals surface area contributed by atoms with Gasteiger partial charge in [-0.2, -0.15) is 0 Å².